The highest BCUT2D eigenvalue weighted by Gasteiger charge is 2.29. The van der Waals surface area contributed by atoms with Crippen LogP contribution in [0, 0.1) is 5.82 Å². The first-order valence-electron chi connectivity index (χ1n) is 11.1. The standard InChI is InChI=1S/C25H23FN6O2/c1-31-15-19(14-30-31)21-9-8-17(13-29-21)25(33)32-12-4-5-18(16-32)23-24(28-11-10-27-23)34-22-7-3-2-6-20(22)26/h2-3,6-11,13-15,18H,4-5,12,16H2,1H3. The van der Waals surface area contributed by atoms with Crippen molar-refractivity contribution in [2.75, 3.05) is 13.1 Å². The third-order valence-electron chi connectivity index (χ3n) is 5.84. The number of hydrogen-bond acceptors (Lipinski definition) is 6. The number of benzene rings is 1. The van der Waals surface area contributed by atoms with E-state index in [2.05, 4.69) is 20.1 Å². The van der Waals surface area contributed by atoms with Crippen LogP contribution in [0.5, 0.6) is 11.6 Å². The second-order valence-corrected chi connectivity index (χ2v) is 8.20. The number of ether oxygens (including phenoxy) is 1. The molecule has 1 aliphatic rings. The molecule has 8 nitrogen and oxygen atoms in total. The number of para-hydroxylation sites is 1. The smallest absolute Gasteiger partial charge is 0.255 e. The number of halogens is 1. The predicted octanol–water partition coefficient (Wildman–Crippen LogP) is 4.22. The number of nitrogens with zero attached hydrogens (tertiary/aromatic N) is 6. The van der Waals surface area contributed by atoms with Crippen LogP contribution in [-0.4, -0.2) is 48.6 Å². The molecule has 0 bridgehead atoms. The minimum Gasteiger partial charge on any atom is -0.434 e. The average Bonchev–Trinajstić information content (AvgIpc) is 3.32. The third kappa shape index (κ3) is 4.50. The summed E-state index contributed by atoms with van der Waals surface area (Å²) >= 11 is 0. The Kier molecular flexibility index (Phi) is 5.99. The number of carbonyl (C=O) groups excluding carboxylic acids is 1. The quantitative estimate of drug-likeness (QED) is 0.445. The number of pyridine rings is 1. The fourth-order valence-corrected chi connectivity index (χ4v) is 4.14. The fourth-order valence-electron chi connectivity index (χ4n) is 4.14. The Bertz CT molecular complexity index is 1310. The molecular weight excluding hydrogens is 435 g/mol. The summed E-state index contributed by atoms with van der Waals surface area (Å²) in [6.45, 7) is 1.11. The summed E-state index contributed by atoms with van der Waals surface area (Å²) in [4.78, 5) is 28.2. The number of hydrogen-bond donors (Lipinski definition) is 0. The number of aryl methyl sites for hydroxylation is 1. The van der Waals surface area contributed by atoms with Crippen molar-refractivity contribution in [1.82, 2.24) is 29.6 Å². The summed E-state index contributed by atoms with van der Waals surface area (Å²) in [6, 6.07) is 9.79. The van der Waals surface area contributed by atoms with Crippen molar-refractivity contribution in [3.63, 3.8) is 0 Å². The van der Waals surface area contributed by atoms with Crippen molar-refractivity contribution in [3.05, 3.63) is 84.5 Å². The molecule has 1 aromatic carbocycles. The lowest BCUT2D eigenvalue weighted by atomic mass is 9.94. The Morgan fingerprint density at radius 2 is 1.94 bits per heavy atom. The van der Waals surface area contributed by atoms with Gasteiger partial charge in [0.1, 0.15) is 5.69 Å². The number of rotatable bonds is 5. The van der Waals surface area contributed by atoms with E-state index in [1.54, 1.807) is 52.4 Å². The number of carbonyl (C=O) groups is 1. The molecule has 1 amide bonds. The van der Waals surface area contributed by atoms with E-state index in [4.69, 9.17) is 4.74 Å². The molecule has 9 heteroatoms. The highest BCUT2D eigenvalue weighted by Crippen LogP contribution is 2.33. The SMILES string of the molecule is Cn1cc(-c2ccc(C(=O)N3CCCC(c4nccnc4Oc4ccccc4F)C3)cn2)cn1. The average molecular weight is 458 g/mol. The molecule has 5 rings (SSSR count). The van der Waals surface area contributed by atoms with E-state index in [0.717, 1.165) is 24.1 Å². The molecule has 0 aliphatic carbocycles. The van der Waals surface area contributed by atoms with Crippen LogP contribution in [0.25, 0.3) is 11.3 Å². The summed E-state index contributed by atoms with van der Waals surface area (Å²) in [5, 5.41) is 4.16. The zero-order chi connectivity index (χ0) is 23.5. The van der Waals surface area contributed by atoms with Crippen molar-refractivity contribution in [2.45, 2.75) is 18.8 Å². The van der Waals surface area contributed by atoms with Crippen molar-refractivity contribution < 1.29 is 13.9 Å². The van der Waals surface area contributed by atoms with E-state index in [9.17, 15) is 9.18 Å². The Hall–Kier alpha value is -4.14. The highest BCUT2D eigenvalue weighted by molar-refractivity contribution is 5.94. The second-order valence-electron chi connectivity index (χ2n) is 8.20. The lowest BCUT2D eigenvalue weighted by Gasteiger charge is -2.32. The van der Waals surface area contributed by atoms with E-state index in [1.807, 2.05) is 19.3 Å². The lowest BCUT2D eigenvalue weighted by Crippen LogP contribution is -2.39. The van der Waals surface area contributed by atoms with Gasteiger partial charge < -0.3 is 9.64 Å². The maximum Gasteiger partial charge on any atom is 0.255 e. The van der Waals surface area contributed by atoms with E-state index < -0.39 is 5.82 Å². The molecule has 1 atom stereocenters. The van der Waals surface area contributed by atoms with Gasteiger partial charge in [0.05, 0.1) is 17.5 Å². The first-order valence-corrected chi connectivity index (χ1v) is 11.1. The summed E-state index contributed by atoms with van der Waals surface area (Å²) < 4.78 is 21.6. The first kappa shape index (κ1) is 21.7. The van der Waals surface area contributed by atoms with Gasteiger partial charge in [0.15, 0.2) is 11.6 Å². The van der Waals surface area contributed by atoms with Crippen LogP contribution in [0.1, 0.15) is 34.8 Å². The monoisotopic (exact) mass is 458 g/mol. The number of likely N-dealkylation sites (tertiary alicyclic amines) is 1. The zero-order valence-electron chi connectivity index (χ0n) is 18.6. The van der Waals surface area contributed by atoms with Crippen molar-refractivity contribution in [2.24, 2.45) is 7.05 Å². The molecule has 0 radical (unpaired) electrons. The maximum absolute atomic E-state index is 14.1. The van der Waals surface area contributed by atoms with Crippen molar-refractivity contribution >= 4 is 5.91 Å². The summed E-state index contributed by atoms with van der Waals surface area (Å²) in [7, 11) is 1.85. The van der Waals surface area contributed by atoms with Gasteiger partial charge in [0.2, 0.25) is 5.88 Å². The van der Waals surface area contributed by atoms with Crippen molar-refractivity contribution in [1.29, 1.82) is 0 Å². The molecule has 0 N–H and O–H groups in total. The minimum absolute atomic E-state index is 0.0733. The molecule has 3 aromatic heterocycles. The molecule has 1 unspecified atom stereocenters. The molecule has 0 spiro atoms. The molecule has 34 heavy (non-hydrogen) atoms. The highest BCUT2D eigenvalue weighted by atomic mass is 19.1. The van der Waals surface area contributed by atoms with Gasteiger partial charge in [0, 0.05) is 56.4 Å². The summed E-state index contributed by atoms with van der Waals surface area (Å²) in [5.74, 6) is -0.282. The van der Waals surface area contributed by atoms with Gasteiger partial charge in [-0.2, -0.15) is 5.10 Å². The van der Waals surface area contributed by atoms with Gasteiger partial charge in [-0.15, -0.1) is 0 Å². The Balaban J connectivity index is 1.32. The molecule has 172 valence electrons. The molecule has 1 saturated heterocycles. The molecule has 4 heterocycles. The Morgan fingerprint density at radius 1 is 1.09 bits per heavy atom. The number of amides is 1. The number of aromatic nitrogens is 5. The van der Waals surface area contributed by atoms with Crippen LogP contribution in [0.4, 0.5) is 4.39 Å². The van der Waals surface area contributed by atoms with Crippen LogP contribution in [-0.2, 0) is 7.05 Å². The molecular formula is C25H23FN6O2. The summed E-state index contributed by atoms with van der Waals surface area (Å²) in [5.41, 5.74) is 2.80. The van der Waals surface area contributed by atoms with Crippen LogP contribution in [0.2, 0.25) is 0 Å². The van der Waals surface area contributed by atoms with E-state index in [1.165, 1.54) is 12.3 Å². The van der Waals surface area contributed by atoms with Gasteiger partial charge >= 0.3 is 0 Å². The van der Waals surface area contributed by atoms with Crippen molar-refractivity contribution in [3.8, 4) is 22.9 Å². The fraction of sp³-hybridized carbons (Fsp3) is 0.240. The van der Waals surface area contributed by atoms with Crippen LogP contribution in [0.3, 0.4) is 0 Å². The Morgan fingerprint density at radius 3 is 2.71 bits per heavy atom. The molecule has 0 saturated carbocycles. The van der Waals surface area contributed by atoms with Gasteiger partial charge in [-0.1, -0.05) is 12.1 Å². The van der Waals surface area contributed by atoms with Gasteiger partial charge in [-0.05, 0) is 37.1 Å². The van der Waals surface area contributed by atoms with Gasteiger partial charge in [-0.3, -0.25) is 19.4 Å². The molecule has 1 fully saturated rings. The largest absolute Gasteiger partial charge is 0.434 e. The van der Waals surface area contributed by atoms with E-state index in [0.29, 0.717) is 24.3 Å². The van der Waals surface area contributed by atoms with E-state index >= 15 is 0 Å². The second kappa shape index (κ2) is 9.38. The van der Waals surface area contributed by atoms with Crippen LogP contribution < -0.4 is 4.74 Å². The Labute approximate surface area is 196 Å². The zero-order valence-corrected chi connectivity index (χ0v) is 18.6. The third-order valence-corrected chi connectivity index (χ3v) is 5.84. The van der Waals surface area contributed by atoms with Gasteiger partial charge in [-0.25, -0.2) is 9.37 Å². The van der Waals surface area contributed by atoms with Crippen LogP contribution in [0.15, 0.2) is 67.4 Å². The first-order chi connectivity index (χ1) is 16.6. The number of piperidine rings is 1. The minimum atomic E-state index is -0.471. The predicted molar refractivity (Wildman–Crippen MR) is 123 cm³/mol. The van der Waals surface area contributed by atoms with E-state index in [-0.39, 0.29) is 23.5 Å². The van der Waals surface area contributed by atoms with Crippen LogP contribution >= 0.6 is 0 Å². The maximum atomic E-state index is 14.1. The molecule has 1 aliphatic heterocycles. The lowest BCUT2D eigenvalue weighted by molar-refractivity contribution is 0.0704. The topological polar surface area (TPSA) is 86.0 Å². The summed E-state index contributed by atoms with van der Waals surface area (Å²) in [6.07, 6.45) is 9.96. The normalized spacial score (nSPS) is 15.8. The van der Waals surface area contributed by atoms with Gasteiger partial charge in [0.25, 0.3) is 5.91 Å². The molecule has 4 aromatic rings.